The lowest BCUT2D eigenvalue weighted by Crippen LogP contribution is -2.32. The van der Waals surface area contributed by atoms with Gasteiger partial charge in [-0.15, -0.1) is 0 Å². The maximum Gasteiger partial charge on any atom is 0.270 e. The highest BCUT2D eigenvalue weighted by Gasteiger charge is 2.45. The zero-order valence-electron chi connectivity index (χ0n) is 21.4. The minimum atomic E-state index is -2.54. The molecule has 0 unspecified atom stereocenters. The number of aliphatic hydroxyl groups is 1. The van der Waals surface area contributed by atoms with Crippen molar-refractivity contribution in [3.05, 3.63) is 100 Å². The van der Waals surface area contributed by atoms with E-state index in [0.717, 1.165) is 18.2 Å². The zero-order valence-corrected chi connectivity index (χ0v) is 21.4. The molecule has 200 valence electrons. The molecule has 0 saturated carbocycles. The molecule has 0 heterocycles. The molecule has 0 spiro atoms. The van der Waals surface area contributed by atoms with Gasteiger partial charge in [-0.3, -0.25) is 30.3 Å². The molecule has 0 atom stereocenters. The third-order valence-corrected chi connectivity index (χ3v) is 6.19. The van der Waals surface area contributed by atoms with Crippen LogP contribution < -0.4 is 14.2 Å². The molecule has 1 N–H and O–H groups in total. The molecule has 38 heavy (non-hydrogen) atoms. The van der Waals surface area contributed by atoms with Gasteiger partial charge in [0.2, 0.25) is 0 Å². The SMILES string of the molecule is COc1c(C)cc([N+](=O)[O-])cc1C(O)(c1cc([N+](=O)[O-])cc(C)c1OC)c1cc([N+](=O)[O-])cc(C)c1OC. The van der Waals surface area contributed by atoms with Crippen molar-refractivity contribution in [2.24, 2.45) is 0 Å². The van der Waals surface area contributed by atoms with E-state index in [1.165, 1.54) is 60.3 Å². The Morgan fingerprint density at radius 1 is 0.579 bits per heavy atom. The van der Waals surface area contributed by atoms with Gasteiger partial charge in [0.1, 0.15) is 17.2 Å². The summed E-state index contributed by atoms with van der Waals surface area (Å²) in [5.74, 6) is 0.0292. The molecular weight excluding hydrogens is 502 g/mol. The van der Waals surface area contributed by atoms with Crippen molar-refractivity contribution < 1.29 is 34.1 Å². The number of nitrogens with zero attached hydrogens (tertiary/aromatic N) is 3. The maximum atomic E-state index is 12.7. The number of nitro benzene ring substituents is 3. The first-order chi connectivity index (χ1) is 17.8. The minimum Gasteiger partial charge on any atom is -0.496 e. The van der Waals surface area contributed by atoms with E-state index < -0.39 is 37.4 Å². The molecule has 0 aliphatic rings. The summed E-state index contributed by atoms with van der Waals surface area (Å²) in [6.45, 7) is 4.55. The highest BCUT2D eigenvalue weighted by atomic mass is 16.6. The van der Waals surface area contributed by atoms with E-state index in [9.17, 15) is 35.4 Å². The Labute approximate surface area is 216 Å². The van der Waals surface area contributed by atoms with Gasteiger partial charge in [0.05, 0.1) is 36.1 Å². The second-order valence-corrected chi connectivity index (χ2v) is 8.51. The Kier molecular flexibility index (Phi) is 7.54. The van der Waals surface area contributed by atoms with Crippen molar-refractivity contribution in [2.45, 2.75) is 26.4 Å². The Balaban J connectivity index is 2.71. The van der Waals surface area contributed by atoms with E-state index in [2.05, 4.69) is 0 Å². The molecule has 3 rings (SSSR count). The van der Waals surface area contributed by atoms with Crippen molar-refractivity contribution in [2.75, 3.05) is 21.3 Å². The fourth-order valence-electron chi connectivity index (χ4n) is 4.64. The first-order valence-corrected chi connectivity index (χ1v) is 11.0. The van der Waals surface area contributed by atoms with E-state index in [4.69, 9.17) is 14.2 Å². The number of ether oxygens (including phenoxy) is 3. The Bertz CT molecular complexity index is 1300. The lowest BCUT2D eigenvalue weighted by Gasteiger charge is -2.34. The zero-order chi connectivity index (χ0) is 28.5. The molecule has 0 fully saturated rings. The summed E-state index contributed by atoms with van der Waals surface area (Å²) in [5.41, 5.74) is -3.62. The van der Waals surface area contributed by atoms with Gasteiger partial charge in [0.25, 0.3) is 17.1 Å². The van der Waals surface area contributed by atoms with Crippen LogP contribution in [0.25, 0.3) is 0 Å². The summed E-state index contributed by atoms with van der Waals surface area (Å²) in [4.78, 5) is 33.4. The predicted molar refractivity (Wildman–Crippen MR) is 135 cm³/mol. The van der Waals surface area contributed by atoms with Gasteiger partial charge in [-0.2, -0.15) is 0 Å². The summed E-state index contributed by atoms with van der Waals surface area (Å²) in [5, 5.41) is 48.1. The fraction of sp³-hybridized carbons (Fsp3) is 0.280. The summed E-state index contributed by atoms with van der Waals surface area (Å²) >= 11 is 0. The molecular formula is C25H25N3O10. The first kappa shape index (κ1) is 27.8. The lowest BCUT2D eigenvalue weighted by molar-refractivity contribution is -0.385. The molecule has 13 nitrogen and oxygen atoms in total. The molecule has 0 amide bonds. The van der Waals surface area contributed by atoms with E-state index in [0.29, 0.717) is 0 Å². The van der Waals surface area contributed by atoms with Crippen molar-refractivity contribution in [3.8, 4) is 17.2 Å². The highest BCUT2D eigenvalue weighted by Crippen LogP contribution is 2.52. The monoisotopic (exact) mass is 527 g/mol. The van der Waals surface area contributed by atoms with Crippen LogP contribution >= 0.6 is 0 Å². The van der Waals surface area contributed by atoms with Crippen LogP contribution in [0.5, 0.6) is 17.2 Å². The van der Waals surface area contributed by atoms with Crippen LogP contribution in [0.3, 0.4) is 0 Å². The van der Waals surface area contributed by atoms with Crippen molar-refractivity contribution in [3.63, 3.8) is 0 Å². The third-order valence-electron chi connectivity index (χ3n) is 6.19. The quantitative estimate of drug-likeness (QED) is 0.234. The molecule has 0 bridgehead atoms. The van der Waals surface area contributed by atoms with Crippen LogP contribution in [0.4, 0.5) is 17.1 Å². The summed E-state index contributed by atoms with van der Waals surface area (Å²) in [6.07, 6.45) is 0. The molecule has 3 aromatic rings. The van der Waals surface area contributed by atoms with Crippen molar-refractivity contribution in [1.82, 2.24) is 0 Å². The van der Waals surface area contributed by atoms with Crippen molar-refractivity contribution >= 4 is 17.1 Å². The van der Waals surface area contributed by atoms with Crippen LogP contribution in [0, 0.1) is 51.1 Å². The largest absolute Gasteiger partial charge is 0.496 e. The minimum absolute atomic E-state index is 0.00974. The van der Waals surface area contributed by atoms with E-state index >= 15 is 0 Å². The van der Waals surface area contributed by atoms with Gasteiger partial charge in [-0.05, 0) is 37.5 Å². The van der Waals surface area contributed by atoms with E-state index in [1.807, 2.05) is 0 Å². The van der Waals surface area contributed by atoms with Crippen LogP contribution in [0.2, 0.25) is 0 Å². The Morgan fingerprint density at radius 3 is 1.00 bits per heavy atom. The van der Waals surface area contributed by atoms with Crippen LogP contribution in [-0.2, 0) is 5.60 Å². The van der Waals surface area contributed by atoms with Crippen molar-refractivity contribution in [1.29, 1.82) is 0 Å². The molecule has 13 heteroatoms. The number of nitro groups is 3. The molecule has 0 aliphatic carbocycles. The van der Waals surface area contributed by atoms with Gasteiger partial charge < -0.3 is 19.3 Å². The lowest BCUT2D eigenvalue weighted by atomic mass is 9.76. The molecule has 0 radical (unpaired) electrons. The summed E-state index contributed by atoms with van der Waals surface area (Å²) in [7, 11) is 3.85. The maximum absolute atomic E-state index is 12.7. The number of aryl methyl sites for hydroxylation is 3. The molecule has 0 aliphatic heterocycles. The predicted octanol–water partition coefficient (Wildman–Crippen LogP) is 4.65. The second-order valence-electron chi connectivity index (χ2n) is 8.51. The number of rotatable bonds is 9. The molecule has 3 aromatic carbocycles. The van der Waals surface area contributed by atoms with Gasteiger partial charge in [-0.1, -0.05) is 0 Å². The van der Waals surface area contributed by atoms with Gasteiger partial charge in [0, 0.05) is 53.1 Å². The van der Waals surface area contributed by atoms with Crippen LogP contribution in [0.15, 0.2) is 36.4 Å². The van der Waals surface area contributed by atoms with E-state index in [1.54, 1.807) is 0 Å². The average Bonchev–Trinajstić information content (AvgIpc) is 2.86. The number of non-ortho nitro benzene ring substituents is 3. The number of hydrogen-bond donors (Lipinski definition) is 1. The smallest absolute Gasteiger partial charge is 0.270 e. The Morgan fingerprint density at radius 2 is 0.816 bits per heavy atom. The van der Waals surface area contributed by atoms with Gasteiger partial charge in [0.15, 0.2) is 5.60 Å². The summed E-state index contributed by atoms with van der Waals surface area (Å²) < 4.78 is 16.6. The highest BCUT2D eigenvalue weighted by molar-refractivity contribution is 5.67. The van der Waals surface area contributed by atoms with E-state index in [-0.39, 0.29) is 50.6 Å². The second kappa shape index (κ2) is 10.3. The normalized spacial score (nSPS) is 11.1. The molecule has 0 saturated heterocycles. The Hall–Kier alpha value is -4.78. The number of benzene rings is 3. The van der Waals surface area contributed by atoms with Crippen LogP contribution in [-0.4, -0.2) is 41.2 Å². The summed E-state index contributed by atoms with van der Waals surface area (Å²) in [6, 6.07) is 6.84. The number of hydrogen-bond acceptors (Lipinski definition) is 10. The standard InChI is InChI=1S/C25H25N3O10/c1-13-7-16(26(30)31)10-19(22(13)36-4)25(29,20-11-17(27(32)33)8-14(2)23(20)37-5)21-12-18(28(34)35)9-15(3)24(21)38-6/h7-12,29H,1-6H3. The van der Waals surface area contributed by atoms with Gasteiger partial charge in [-0.25, -0.2) is 0 Å². The first-order valence-electron chi connectivity index (χ1n) is 11.0. The average molecular weight is 527 g/mol. The number of methoxy groups -OCH3 is 3. The fourth-order valence-corrected chi connectivity index (χ4v) is 4.64. The topological polar surface area (TPSA) is 177 Å². The molecule has 0 aromatic heterocycles. The third kappa shape index (κ3) is 4.54. The van der Waals surface area contributed by atoms with Crippen LogP contribution in [0.1, 0.15) is 33.4 Å². The van der Waals surface area contributed by atoms with Gasteiger partial charge >= 0.3 is 0 Å².